The van der Waals surface area contributed by atoms with E-state index >= 15 is 0 Å². The molecule has 0 spiro atoms. The first kappa shape index (κ1) is 13.5. The highest BCUT2D eigenvalue weighted by molar-refractivity contribution is 9.10. The van der Waals surface area contributed by atoms with E-state index in [0.717, 1.165) is 23.1 Å². The van der Waals surface area contributed by atoms with Gasteiger partial charge in [0, 0.05) is 11.0 Å². The Kier molecular flexibility index (Phi) is 5.29. The van der Waals surface area contributed by atoms with Gasteiger partial charge in [0.2, 0.25) is 0 Å². The SMILES string of the molecule is CC(C)C(C)CNCc1cc(O)ccc1Br. The number of hydrogen-bond donors (Lipinski definition) is 2. The van der Waals surface area contributed by atoms with Crippen molar-refractivity contribution in [2.24, 2.45) is 11.8 Å². The molecule has 0 saturated carbocycles. The van der Waals surface area contributed by atoms with Crippen molar-refractivity contribution in [1.82, 2.24) is 5.32 Å². The number of nitrogens with one attached hydrogen (secondary N) is 1. The second-order valence-corrected chi connectivity index (χ2v) is 5.48. The van der Waals surface area contributed by atoms with E-state index in [1.807, 2.05) is 6.07 Å². The Bertz CT molecular complexity index is 339. The molecule has 0 radical (unpaired) electrons. The van der Waals surface area contributed by atoms with Crippen molar-refractivity contribution in [3.05, 3.63) is 28.2 Å². The molecule has 1 aromatic carbocycles. The molecule has 2 nitrogen and oxygen atoms in total. The number of benzene rings is 1. The van der Waals surface area contributed by atoms with Crippen LogP contribution < -0.4 is 5.32 Å². The highest BCUT2D eigenvalue weighted by Crippen LogP contribution is 2.21. The number of phenolic OH excluding ortho intramolecular Hbond substituents is 1. The topological polar surface area (TPSA) is 32.3 Å². The maximum absolute atomic E-state index is 9.39. The van der Waals surface area contributed by atoms with Crippen LogP contribution in [0.5, 0.6) is 5.75 Å². The summed E-state index contributed by atoms with van der Waals surface area (Å²) in [5, 5.41) is 12.8. The Morgan fingerprint density at radius 1 is 1.31 bits per heavy atom. The van der Waals surface area contributed by atoms with Crippen LogP contribution in [0.15, 0.2) is 22.7 Å². The number of aromatic hydroxyl groups is 1. The molecule has 0 fully saturated rings. The van der Waals surface area contributed by atoms with E-state index in [0.29, 0.717) is 17.6 Å². The number of hydrogen-bond acceptors (Lipinski definition) is 2. The van der Waals surface area contributed by atoms with Gasteiger partial charge in [-0.15, -0.1) is 0 Å². The minimum atomic E-state index is 0.317. The maximum Gasteiger partial charge on any atom is 0.115 e. The predicted molar refractivity (Wildman–Crippen MR) is 71.5 cm³/mol. The zero-order valence-corrected chi connectivity index (χ0v) is 11.7. The molecule has 0 aliphatic heterocycles. The lowest BCUT2D eigenvalue weighted by atomic mass is 9.98. The minimum absolute atomic E-state index is 0.317. The summed E-state index contributed by atoms with van der Waals surface area (Å²) in [7, 11) is 0. The van der Waals surface area contributed by atoms with Crippen LogP contribution in [0.4, 0.5) is 0 Å². The predicted octanol–water partition coefficient (Wildman–Crippen LogP) is 3.54. The third kappa shape index (κ3) is 4.14. The van der Waals surface area contributed by atoms with E-state index in [9.17, 15) is 5.11 Å². The molecule has 3 heteroatoms. The number of rotatable bonds is 5. The first-order valence-corrected chi connectivity index (χ1v) is 6.48. The first-order valence-electron chi connectivity index (χ1n) is 5.68. The Hall–Kier alpha value is -0.540. The molecule has 0 amide bonds. The average molecular weight is 286 g/mol. The molecule has 0 aliphatic carbocycles. The van der Waals surface area contributed by atoms with Crippen LogP contribution in [0.3, 0.4) is 0 Å². The van der Waals surface area contributed by atoms with Crippen molar-refractivity contribution < 1.29 is 5.11 Å². The lowest BCUT2D eigenvalue weighted by Crippen LogP contribution is -2.23. The van der Waals surface area contributed by atoms with E-state index in [1.165, 1.54) is 0 Å². The third-order valence-electron chi connectivity index (χ3n) is 2.95. The number of halogens is 1. The van der Waals surface area contributed by atoms with E-state index in [-0.39, 0.29) is 0 Å². The van der Waals surface area contributed by atoms with Gasteiger partial charge in [-0.2, -0.15) is 0 Å². The van der Waals surface area contributed by atoms with Crippen LogP contribution in [0, 0.1) is 11.8 Å². The quantitative estimate of drug-likeness (QED) is 0.867. The fourth-order valence-corrected chi connectivity index (χ4v) is 1.75. The molecular weight excluding hydrogens is 266 g/mol. The van der Waals surface area contributed by atoms with Gasteiger partial charge in [0.1, 0.15) is 5.75 Å². The van der Waals surface area contributed by atoms with Crippen molar-refractivity contribution in [2.45, 2.75) is 27.3 Å². The largest absolute Gasteiger partial charge is 0.508 e. The molecule has 90 valence electrons. The summed E-state index contributed by atoms with van der Waals surface area (Å²) in [6.07, 6.45) is 0. The van der Waals surface area contributed by atoms with E-state index in [2.05, 4.69) is 42.0 Å². The zero-order valence-electron chi connectivity index (χ0n) is 10.1. The van der Waals surface area contributed by atoms with E-state index in [4.69, 9.17) is 0 Å². The van der Waals surface area contributed by atoms with Crippen molar-refractivity contribution in [3.8, 4) is 5.75 Å². The van der Waals surface area contributed by atoms with E-state index in [1.54, 1.807) is 12.1 Å². The Labute approximate surface area is 106 Å². The molecule has 0 bridgehead atoms. The van der Waals surface area contributed by atoms with Crippen LogP contribution in [0.25, 0.3) is 0 Å². The monoisotopic (exact) mass is 285 g/mol. The van der Waals surface area contributed by atoms with Gasteiger partial charge in [0.15, 0.2) is 0 Å². The van der Waals surface area contributed by atoms with Gasteiger partial charge in [-0.3, -0.25) is 0 Å². The lowest BCUT2D eigenvalue weighted by Gasteiger charge is -2.16. The Morgan fingerprint density at radius 2 is 2.00 bits per heavy atom. The summed E-state index contributed by atoms with van der Waals surface area (Å²) in [5.74, 6) is 1.67. The van der Waals surface area contributed by atoms with E-state index < -0.39 is 0 Å². The second kappa shape index (κ2) is 6.26. The van der Waals surface area contributed by atoms with Gasteiger partial charge in [0.25, 0.3) is 0 Å². The maximum atomic E-state index is 9.39. The second-order valence-electron chi connectivity index (χ2n) is 4.63. The summed E-state index contributed by atoms with van der Waals surface area (Å²) in [4.78, 5) is 0. The zero-order chi connectivity index (χ0) is 12.1. The summed E-state index contributed by atoms with van der Waals surface area (Å²) in [6.45, 7) is 8.49. The van der Waals surface area contributed by atoms with Crippen molar-refractivity contribution >= 4 is 15.9 Å². The van der Waals surface area contributed by atoms with Gasteiger partial charge in [-0.25, -0.2) is 0 Å². The molecular formula is C13H20BrNO. The van der Waals surface area contributed by atoms with Crippen molar-refractivity contribution in [3.63, 3.8) is 0 Å². The van der Waals surface area contributed by atoms with Gasteiger partial charge >= 0.3 is 0 Å². The summed E-state index contributed by atoms with van der Waals surface area (Å²) in [6, 6.07) is 5.35. The highest BCUT2D eigenvalue weighted by atomic mass is 79.9. The molecule has 1 unspecified atom stereocenters. The van der Waals surface area contributed by atoms with Crippen LogP contribution in [0.2, 0.25) is 0 Å². The normalized spacial score (nSPS) is 13.1. The average Bonchev–Trinajstić information content (AvgIpc) is 2.22. The van der Waals surface area contributed by atoms with Crippen LogP contribution in [-0.2, 0) is 6.54 Å². The molecule has 1 atom stereocenters. The van der Waals surface area contributed by atoms with Crippen LogP contribution in [0.1, 0.15) is 26.3 Å². The Balaban J connectivity index is 2.45. The van der Waals surface area contributed by atoms with Gasteiger partial charge in [-0.05, 0) is 42.1 Å². The standard InChI is InChI=1S/C13H20BrNO/c1-9(2)10(3)7-15-8-11-6-12(16)4-5-13(11)14/h4-6,9-10,15-16H,7-8H2,1-3H3. The minimum Gasteiger partial charge on any atom is -0.508 e. The molecule has 16 heavy (non-hydrogen) atoms. The fourth-order valence-electron chi connectivity index (χ4n) is 1.37. The molecule has 1 rings (SSSR count). The number of phenols is 1. The molecule has 1 aromatic rings. The Morgan fingerprint density at radius 3 is 2.62 bits per heavy atom. The van der Waals surface area contributed by atoms with Crippen LogP contribution >= 0.6 is 15.9 Å². The first-order chi connectivity index (χ1) is 7.50. The van der Waals surface area contributed by atoms with Gasteiger partial charge < -0.3 is 10.4 Å². The molecule has 0 aromatic heterocycles. The third-order valence-corrected chi connectivity index (χ3v) is 3.72. The summed E-state index contributed by atoms with van der Waals surface area (Å²) >= 11 is 3.48. The van der Waals surface area contributed by atoms with Gasteiger partial charge in [-0.1, -0.05) is 36.7 Å². The lowest BCUT2D eigenvalue weighted by molar-refractivity contribution is 0.392. The molecule has 0 aliphatic rings. The van der Waals surface area contributed by atoms with Gasteiger partial charge in [0.05, 0.1) is 0 Å². The molecule has 2 N–H and O–H groups in total. The molecule has 0 heterocycles. The smallest absolute Gasteiger partial charge is 0.115 e. The van der Waals surface area contributed by atoms with Crippen LogP contribution in [-0.4, -0.2) is 11.7 Å². The fraction of sp³-hybridized carbons (Fsp3) is 0.538. The highest BCUT2D eigenvalue weighted by Gasteiger charge is 2.07. The van der Waals surface area contributed by atoms with Crippen molar-refractivity contribution in [1.29, 1.82) is 0 Å². The van der Waals surface area contributed by atoms with Crippen molar-refractivity contribution in [2.75, 3.05) is 6.54 Å². The summed E-state index contributed by atoms with van der Waals surface area (Å²) < 4.78 is 1.04. The molecule has 0 saturated heterocycles. The summed E-state index contributed by atoms with van der Waals surface area (Å²) in [5.41, 5.74) is 1.09.